The molecule has 24 heavy (non-hydrogen) atoms. The van der Waals surface area contributed by atoms with Crippen molar-refractivity contribution in [3.05, 3.63) is 36.4 Å². The molecular formula is C17H18BF3O3. The largest absolute Gasteiger partial charge is 0.573 e. The van der Waals surface area contributed by atoms with Crippen molar-refractivity contribution in [2.75, 3.05) is 0 Å². The lowest BCUT2D eigenvalue weighted by atomic mass is 9.76. The fourth-order valence-corrected chi connectivity index (χ4v) is 2.66. The summed E-state index contributed by atoms with van der Waals surface area (Å²) in [5.41, 5.74) is -0.192. The van der Waals surface area contributed by atoms with Crippen LogP contribution in [0.25, 0.3) is 10.8 Å². The predicted molar refractivity (Wildman–Crippen MR) is 86.3 cm³/mol. The Morgan fingerprint density at radius 2 is 1.58 bits per heavy atom. The molecular weight excluding hydrogens is 320 g/mol. The van der Waals surface area contributed by atoms with Crippen LogP contribution < -0.4 is 10.2 Å². The molecule has 7 heteroatoms. The van der Waals surface area contributed by atoms with Crippen LogP contribution in [0.2, 0.25) is 0 Å². The van der Waals surface area contributed by atoms with Crippen LogP contribution in [0.15, 0.2) is 36.4 Å². The van der Waals surface area contributed by atoms with Gasteiger partial charge in [0.25, 0.3) is 0 Å². The summed E-state index contributed by atoms with van der Waals surface area (Å²) in [6.45, 7) is 7.81. The highest BCUT2D eigenvalue weighted by Crippen LogP contribution is 2.37. The average molecular weight is 338 g/mol. The standard InChI is InChI=1S/C17H18BF3O3/c1-15(2)16(3,4)24-18(23-15)14-7-5-6-11-10-12(8-9-13(11)14)22-17(19,20)21/h5-10H,1-4H3. The van der Waals surface area contributed by atoms with Crippen molar-refractivity contribution in [3.8, 4) is 5.75 Å². The van der Waals surface area contributed by atoms with Gasteiger partial charge in [0.2, 0.25) is 0 Å². The van der Waals surface area contributed by atoms with Crippen LogP contribution >= 0.6 is 0 Å². The molecule has 128 valence electrons. The van der Waals surface area contributed by atoms with Gasteiger partial charge < -0.3 is 14.0 Å². The minimum Gasteiger partial charge on any atom is -0.406 e. The number of halogens is 3. The maximum atomic E-state index is 12.4. The monoisotopic (exact) mass is 338 g/mol. The van der Waals surface area contributed by atoms with Crippen LogP contribution in [-0.2, 0) is 9.31 Å². The Labute approximate surface area is 138 Å². The van der Waals surface area contributed by atoms with Crippen molar-refractivity contribution in [2.45, 2.75) is 45.3 Å². The van der Waals surface area contributed by atoms with Gasteiger partial charge in [0.1, 0.15) is 5.75 Å². The third-order valence-electron chi connectivity index (χ3n) is 4.63. The highest BCUT2D eigenvalue weighted by molar-refractivity contribution is 6.65. The molecule has 2 aromatic carbocycles. The fourth-order valence-electron chi connectivity index (χ4n) is 2.66. The van der Waals surface area contributed by atoms with E-state index in [0.29, 0.717) is 5.39 Å². The second-order valence-electron chi connectivity index (χ2n) is 6.87. The first-order chi connectivity index (χ1) is 11.0. The van der Waals surface area contributed by atoms with Crippen LogP contribution in [0, 0.1) is 0 Å². The van der Waals surface area contributed by atoms with Crippen LogP contribution in [0.5, 0.6) is 5.75 Å². The Bertz CT molecular complexity index is 755. The number of fused-ring (bicyclic) bond motifs is 1. The zero-order valence-corrected chi connectivity index (χ0v) is 13.9. The molecule has 0 bridgehead atoms. The molecule has 0 saturated carbocycles. The topological polar surface area (TPSA) is 27.7 Å². The van der Waals surface area contributed by atoms with Crippen molar-refractivity contribution in [1.29, 1.82) is 0 Å². The van der Waals surface area contributed by atoms with Crippen LogP contribution in [0.4, 0.5) is 13.2 Å². The van der Waals surface area contributed by atoms with E-state index in [1.807, 2.05) is 33.8 Å². The zero-order valence-electron chi connectivity index (χ0n) is 13.9. The Morgan fingerprint density at radius 1 is 0.958 bits per heavy atom. The molecule has 0 unspecified atom stereocenters. The lowest BCUT2D eigenvalue weighted by Gasteiger charge is -2.32. The molecule has 0 amide bonds. The number of benzene rings is 2. The summed E-state index contributed by atoms with van der Waals surface area (Å²) < 4.78 is 53.2. The van der Waals surface area contributed by atoms with E-state index >= 15 is 0 Å². The minimum atomic E-state index is -4.71. The first kappa shape index (κ1) is 17.1. The number of ether oxygens (including phenoxy) is 1. The van der Waals surface area contributed by atoms with E-state index in [1.165, 1.54) is 12.1 Å². The third-order valence-corrected chi connectivity index (χ3v) is 4.63. The Hall–Kier alpha value is -1.73. The van der Waals surface area contributed by atoms with Gasteiger partial charge in [-0.2, -0.15) is 0 Å². The molecule has 1 aliphatic heterocycles. The molecule has 1 fully saturated rings. The van der Waals surface area contributed by atoms with Gasteiger partial charge in [-0.05, 0) is 56.1 Å². The van der Waals surface area contributed by atoms with Crippen molar-refractivity contribution in [3.63, 3.8) is 0 Å². The van der Waals surface area contributed by atoms with Gasteiger partial charge in [0, 0.05) is 0 Å². The van der Waals surface area contributed by atoms with E-state index in [9.17, 15) is 13.2 Å². The molecule has 1 heterocycles. The Morgan fingerprint density at radius 3 is 2.17 bits per heavy atom. The van der Waals surface area contributed by atoms with Gasteiger partial charge in [0.05, 0.1) is 11.2 Å². The molecule has 0 aliphatic carbocycles. The molecule has 0 aromatic heterocycles. The lowest BCUT2D eigenvalue weighted by molar-refractivity contribution is -0.274. The number of hydrogen-bond acceptors (Lipinski definition) is 3. The molecule has 2 aromatic rings. The summed E-state index contributed by atoms with van der Waals surface area (Å²) in [7, 11) is -0.576. The molecule has 0 atom stereocenters. The van der Waals surface area contributed by atoms with Crippen LogP contribution in [0.1, 0.15) is 27.7 Å². The molecule has 3 nitrogen and oxygen atoms in total. The summed E-state index contributed by atoms with van der Waals surface area (Å²) >= 11 is 0. The van der Waals surface area contributed by atoms with Crippen LogP contribution in [0.3, 0.4) is 0 Å². The van der Waals surface area contributed by atoms with Gasteiger partial charge in [0.15, 0.2) is 0 Å². The summed E-state index contributed by atoms with van der Waals surface area (Å²) in [6.07, 6.45) is -4.71. The first-order valence-corrected chi connectivity index (χ1v) is 7.63. The summed E-state index contributed by atoms with van der Waals surface area (Å²) in [4.78, 5) is 0. The SMILES string of the molecule is CC1(C)OB(c2cccc3cc(OC(F)(F)F)ccc23)OC1(C)C. The van der Waals surface area contributed by atoms with E-state index < -0.39 is 24.7 Å². The summed E-state index contributed by atoms with van der Waals surface area (Å²) in [6, 6.07) is 9.60. The first-order valence-electron chi connectivity index (χ1n) is 7.63. The Balaban J connectivity index is 1.99. The molecule has 3 rings (SSSR count). The highest BCUT2D eigenvalue weighted by atomic mass is 19.4. The molecule has 0 radical (unpaired) electrons. The van der Waals surface area contributed by atoms with E-state index in [4.69, 9.17) is 9.31 Å². The molecule has 1 aliphatic rings. The van der Waals surface area contributed by atoms with E-state index in [-0.39, 0.29) is 5.75 Å². The quantitative estimate of drug-likeness (QED) is 0.774. The van der Waals surface area contributed by atoms with Gasteiger partial charge in [-0.25, -0.2) is 0 Å². The van der Waals surface area contributed by atoms with Crippen molar-refractivity contribution in [1.82, 2.24) is 0 Å². The summed E-state index contributed by atoms with van der Waals surface area (Å²) in [5, 5.41) is 1.40. The lowest BCUT2D eigenvalue weighted by Crippen LogP contribution is -2.41. The number of alkyl halides is 3. The second-order valence-corrected chi connectivity index (χ2v) is 6.87. The predicted octanol–water partition coefficient (Wildman–Crippen LogP) is 4.04. The van der Waals surface area contributed by atoms with Crippen molar-refractivity contribution >= 4 is 23.4 Å². The molecule has 0 N–H and O–H groups in total. The van der Waals surface area contributed by atoms with Crippen LogP contribution in [-0.4, -0.2) is 24.7 Å². The fraction of sp³-hybridized carbons (Fsp3) is 0.412. The molecule has 1 saturated heterocycles. The summed E-state index contributed by atoms with van der Waals surface area (Å²) in [5.74, 6) is -0.249. The van der Waals surface area contributed by atoms with Crippen molar-refractivity contribution in [2.24, 2.45) is 0 Å². The third kappa shape index (κ3) is 3.10. The van der Waals surface area contributed by atoms with Gasteiger partial charge in [-0.15, -0.1) is 13.2 Å². The van der Waals surface area contributed by atoms with E-state index in [1.54, 1.807) is 18.2 Å². The van der Waals surface area contributed by atoms with E-state index in [2.05, 4.69) is 4.74 Å². The van der Waals surface area contributed by atoms with Gasteiger partial charge in [-0.1, -0.05) is 24.3 Å². The zero-order chi connectivity index (χ0) is 17.8. The van der Waals surface area contributed by atoms with Crippen molar-refractivity contribution < 1.29 is 27.2 Å². The smallest absolute Gasteiger partial charge is 0.406 e. The average Bonchev–Trinajstić information content (AvgIpc) is 2.64. The number of rotatable bonds is 2. The second kappa shape index (κ2) is 5.39. The minimum absolute atomic E-state index is 0.249. The molecule has 0 spiro atoms. The van der Waals surface area contributed by atoms with Gasteiger partial charge >= 0.3 is 13.5 Å². The number of hydrogen-bond donors (Lipinski definition) is 0. The normalized spacial score (nSPS) is 19.7. The Kier molecular flexibility index (Phi) is 3.84. The highest BCUT2D eigenvalue weighted by Gasteiger charge is 2.52. The maximum Gasteiger partial charge on any atom is 0.573 e. The van der Waals surface area contributed by atoms with E-state index in [0.717, 1.165) is 10.8 Å². The maximum absolute atomic E-state index is 12.4. The van der Waals surface area contributed by atoms with Gasteiger partial charge in [-0.3, -0.25) is 0 Å².